The first-order valence-electron chi connectivity index (χ1n) is 6.90. The van der Waals surface area contributed by atoms with Gasteiger partial charge < -0.3 is 10.2 Å². The van der Waals surface area contributed by atoms with E-state index in [-0.39, 0.29) is 5.91 Å². The molecule has 18 heavy (non-hydrogen) atoms. The third-order valence-electron chi connectivity index (χ3n) is 3.53. The predicted molar refractivity (Wildman–Crippen MR) is 79.8 cm³/mol. The number of nitrogens with one attached hydrogen (secondary N) is 1. The standard InChI is InChI=1S/C14H26N2OS/c1-4-13(18-3)8-11-16-9-6-12(7-10-16)15-14(17)5-2/h4,12H,5-11H2,1-3H3,(H,15,17)/b13-4-. The first kappa shape index (κ1) is 15.6. The van der Waals surface area contributed by atoms with Crippen LogP contribution in [0.15, 0.2) is 11.0 Å². The van der Waals surface area contributed by atoms with Gasteiger partial charge in [0.1, 0.15) is 0 Å². The summed E-state index contributed by atoms with van der Waals surface area (Å²) in [5, 5.41) is 3.10. The third-order valence-corrected chi connectivity index (χ3v) is 4.50. The molecule has 0 bridgehead atoms. The highest BCUT2D eigenvalue weighted by molar-refractivity contribution is 8.02. The molecule has 1 N–H and O–H groups in total. The van der Waals surface area contributed by atoms with Crippen molar-refractivity contribution in [2.24, 2.45) is 0 Å². The van der Waals surface area contributed by atoms with Crippen molar-refractivity contribution in [3.05, 3.63) is 11.0 Å². The van der Waals surface area contributed by atoms with Gasteiger partial charge in [-0.3, -0.25) is 4.79 Å². The molecule has 0 aromatic rings. The molecule has 0 unspecified atom stereocenters. The average molecular weight is 270 g/mol. The van der Waals surface area contributed by atoms with Gasteiger partial charge in [0.15, 0.2) is 0 Å². The van der Waals surface area contributed by atoms with Crippen LogP contribution < -0.4 is 5.32 Å². The summed E-state index contributed by atoms with van der Waals surface area (Å²) in [7, 11) is 0. The van der Waals surface area contributed by atoms with Crippen molar-refractivity contribution < 1.29 is 4.79 Å². The maximum absolute atomic E-state index is 11.3. The minimum atomic E-state index is 0.187. The van der Waals surface area contributed by atoms with Crippen LogP contribution in [0.1, 0.15) is 39.5 Å². The van der Waals surface area contributed by atoms with E-state index in [0.717, 1.165) is 38.9 Å². The van der Waals surface area contributed by atoms with Crippen LogP contribution in [0.2, 0.25) is 0 Å². The second-order valence-corrected chi connectivity index (χ2v) is 5.68. The van der Waals surface area contributed by atoms with Crippen molar-refractivity contribution in [3.8, 4) is 0 Å². The number of nitrogens with zero attached hydrogens (tertiary/aromatic N) is 1. The number of allylic oxidation sites excluding steroid dienone is 1. The molecule has 1 fully saturated rings. The fourth-order valence-electron chi connectivity index (χ4n) is 2.26. The summed E-state index contributed by atoms with van der Waals surface area (Å²) in [5.74, 6) is 0.187. The summed E-state index contributed by atoms with van der Waals surface area (Å²) >= 11 is 1.85. The highest BCUT2D eigenvalue weighted by Crippen LogP contribution is 2.18. The average Bonchev–Trinajstić information content (AvgIpc) is 2.41. The Bertz CT molecular complexity index is 284. The fraction of sp³-hybridized carbons (Fsp3) is 0.786. The number of rotatable bonds is 6. The normalized spacial score (nSPS) is 18.9. The first-order chi connectivity index (χ1) is 8.69. The van der Waals surface area contributed by atoms with Gasteiger partial charge >= 0.3 is 0 Å². The van der Waals surface area contributed by atoms with Gasteiger partial charge in [-0.15, -0.1) is 11.8 Å². The Morgan fingerprint density at radius 1 is 1.44 bits per heavy atom. The molecule has 0 saturated carbocycles. The zero-order valence-electron chi connectivity index (χ0n) is 11.9. The molecule has 1 amide bonds. The van der Waals surface area contributed by atoms with Crippen LogP contribution in [0, 0.1) is 0 Å². The van der Waals surface area contributed by atoms with Crippen molar-refractivity contribution in [2.75, 3.05) is 25.9 Å². The maximum atomic E-state index is 11.3. The fourth-order valence-corrected chi connectivity index (χ4v) is 2.79. The molecule has 3 nitrogen and oxygen atoms in total. The van der Waals surface area contributed by atoms with Crippen LogP contribution in [0.5, 0.6) is 0 Å². The van der Waals surface area contributed by atoms with Gasteiger partial charge in [0.2, 0.25) is 5.91 Å². The Kier molecular flexibility index (Phi) is 7.44. The van der Waals surface area contributed by atoms with E-state index in [9.17, 15) is 4.79 Å². The van der Waals surface area contributed by atoms with E-state index in [1.807, 2.05) is 18.7 Å². The van der Waals surface area contributed by atoms with E-state index >= 15 is 0 Å². The second kappa shape index (κ2) is 8.59. The van der Waals surface area contributed by atoms with E-state index in [0.29, 0.717) is 12.5 Å². The summed E-state index contributed by atoms with van der Waals surface area (Å²) < 4.78 is 0. The van der Waals surface area contributed by atoms with Crippen molar-refractivity contribution >= 4 is 17.7 Å². The molecule has 0 aliphatic carbocycles. The number of hydrogen-bond donors (Lipinski definition) is 1. The molecule has 1 heterocycles. The molecule has 0 aromatic heterocycles. The molecule has 0 atom stereocenters. The second-order valence-electron chi connectivity index (χ2n) is 4.75. The zero-order chi connectivity index (χ0) is 13.4. The van der Waals surface area contributed by atoms with Crippen molar-refractivity contribution in [1.82, 2.24) is 10.2 Å². The minimum Gasteiger partial charge on any atom is -0.353 e. The highest BCUT2D eigenvalue weighted by atomic mass is 32.2. The SMILES string of the molecule is C/C=C(/CCN1CCC(NC(=O)CC)CC1)SC. The monoisotopic (exact) mass is 270 g/mol. The molecular formula is C14H26N2OS. The Morgan fingerprint density at radius 2 is 2.11 bits per heavy atom. The molecular weight excluding hydrogens is 244 g/mol. The van der Waals surface area contributed by atoms with Gasteiger partial charge in [-0.1, -0.05) is 13.0 Å². The lowest BCUT2D eigenvalue weighted by atomic mass is 10.0. The van der Waals surface area contributed by atoms with Gasteiger partial charge in [-0.05, 0) is 37.3 Å². The quantitative estimate of drug-likeness (QED) is 0.805. The van der Waals surface area contributed by atoms with Crippen LogP contribution in [-0.4, -0.2) is 42.7 Å². The third kappa shape index (κ3) is 5.44. The summed E-state index contributed by atoms with van der Waals surface area (Å²) in [6.07, 6.45) is 8.29. The summed E-state index contributed by atoms with van der Waals surface area (Å²) in [4.78, 5) is 15.3. The van der Waals surface area contributed by atoms with Crippen LogP contribution in [0.3, 0.4) is 0 Å². The number of piperidine rings is 1. The topological polar surface area (TPSA) is 32.3 Å². The van der Waals surface area contributed by atoms with E-state index in [2.05, 4.69) is 29.5 Å². The van der Waals surface area contributed by atoms with Crippen LogP contribution >= 0.6 is 11.8 Å². The maximum Gasteiger partial charge on any atom is 0.219 e. The Hall–Kier alpha value is -0.480. The number of likely N-dealkylation sites (tertiary alicyclic amines) is 1. The van der Waals surface area contributed by atoms with Crippen molar-refractivity contribution in [3.63, 3.8) is 0 Å². The molecule has 104 valence electrons. The highest BCUT2D eigenvalue weighted by Gasteiger charge is 2.19. The van der Waals surface area contributed by atoms with Gasteiger partial charge in [0.25, 0.3) is 0 Å². The Morgan fingerprint density at radius 3 is 2.61 bits per heavy atom. The lowest BCUT2D eigenvalue weighted by molar-refractivity contribution is -0.121. The molecule has 0 aromatic carbocycles. The lowest BCUT2D eigenvalue weighted by Crippen LogP contribution is -2.44. The number of amides is 1. The molecule has 1 aliphatic rings. The van der Waals surface area contributed by atoms with Gasteiger partial charge in [-0.25, -0.2) is 0 Å². The number of carbonyl (C=O) groups is 1. The molecule has 4 heteroatoms. The van der Waals surface area contributed by atoms with Gasteiger partial charge in [0.05, 0.1) is 0 Å². The number of hydrogen-bond acceptors (Lipinski definition) is 3. The van der Waals surface area contributed by atoms with Crippen LogP contribution in [-0.2, 0) is 4.79 Å². The predicted octanol–water partition coefficient (Wildman–Crippen LogP) is 2.63. The van der Waals surface area contributed by atoms with Crippen molar-refractivity contribution in [2.45, 2.75) is 45.6 Å². The zero-order valence-corrected chi connectivity index (χ0v) is 12.7. The number of thioether (sulfide) groups is 1. The summed E-state index contributed by atoms with van der Waals surface area (Å²) in [6, 6.07) is 0.399. The molecule has 0 spiro atoms. The van der Waals surface area contributed by atoms with Crippen LogP contribution in [0.4, 0.5) is 0 Å². The minimum absolute atomic E-state index is 0.187. The van der Waals surface area contributed by atoms with E-state index in [4.69, 9.17) is 0 Å². The Balaban J connectivity index is 2.21. The smallest absolute Gasteiger partial charge is 0.219 e. The Labute approximate surface area is 115 Å². The van der Waals surface area contributed by atoms with Gasteiger partial charge in [-0.2, -0.15) is 0 Å². The molecule has 1 rings (SSSR count). The van der Waals surface area contributed by atoms with Gasteiger partial charge in [0, 0.05) is 32.1 Å². The van der Waals surface area contributed by atoms with E-state index in [1.165, 1.54) is 4.91 Å². The summed E-state index contributed by atoms with van der Waals surface area (Å²) in [5.41, 5.74) is 0. The molecule has 1 aliphatic heterocycles. The van der Waals surface area contributed by atoms with E-state index in [1.54, 1.807) is 0 Å². The van der Waals surface area contributed by atoms with Crippen molar-refractivity contribution in [1.29, 1.82) is 0 Å². The molecule has 1 saturated heterocycles. The summed E-state index contributed by atoms with van der Waals surface area (Å²) in [6.45, 7) is 7.39. The van der Waals surface area contributed by atoms with E-state index < -0.39 is 0 Å². The number of carbonyl (C=O) groups excluding carboxylic acids is 1. The lowest BCUT2D eigenvalue weighted by Gasteiger charge is -2.32. The molecule has 0 radical (unpaired) electrons. The first-order valence-corrected chi connectivity index (χ1v) is 8.13. The van der Waals surface area contributed by atoms with Crippen LogP contribution in [0.25, 0.3) is 0 Å². The largest absolute Gasteiger partial charge is 0.353 e.